The summed E-state index contributed by atoms with van der Waals surface area (Å²) < 4.78 is 5.92. The molecular formula is C17H26BrN3O4. The van der Waals surface area contributed by atoms with E-state index in [4.69, 9.17) is 4.74 Å². The Kier molecular flexibility index (Phi) is 8.18. The van der Waals surface area contributed by atoms with Crippen LogP contribution in [0.3, 0.4) is 0 Å². The van der Waals surface area contributed by atoms with Gasteiger partial charge in [0.2, 0.25) is 5.91 Å². The molecule has 1 aromatic rings. The summed E-state index contributed by atoms with van der Waals surface area (Å²) in [5.41, 5.74) is 0.724. The van der Waals surface area contributed by atoms with E-state index in [2.05, 4.69) is 31.9 Å². The number of carbonyl (C=O) groups excluding carboxylic acids is 2. The average Bonchev–Trinajstić information content (AvgIpc) is 2.44. The Morgan fingerprint density at radius 2 is 1.96 bits per heavy atom. The van der Waals surface area contributed by atoms with Gasteiger partial charge >= 0.3 is 6.09 Å². The third-order valence-corrected chi connectivity index (χ3v) is 3.36. The molecule has 0 heterocycles. The fourth-order valence-electron chi connectivity index (χ4n) is 1.84. The second kappa shape index (κ2) is 9.62. The van der Waals surface area contributed by atoms with Gasteiger partial charge in [-0.3, -0.25) is 4.79 Å². The van der Waals surface area contributed by atoms with Gasteiger partial charge in [-0.2, -0.15) is 0 Å². The molecule has 1 aromatic carbocycles. The van der Waals surface area contributed by atoms with Crippen molar-refractivity contribution in [1.29, 1.82) is 0 Å². The van der Waals surface area contributed by atoms with Crippen molar-refractivity contribution in [2.45, 2.75) is 45.8 Å². The molecular weight excluding hydrogens is 390 g/mol. The van der Waals surface area contributed by atoms with Gasteiger partial charge in [0.25, 0.3) is 0 Å². The Labute approximate surface area is 156 Å². The molecule has 2 amide bonds. The second-order valence-corrected chi connectivity index (χ2v) is 7.56. The van der Waals surface area contributed by atoms with Crippen LogP contribution in [0, 0.1) is 0 Å². The molecule has 0 spiro atoms. The Bertz CT molecular complexity index is 600. The number of carbonyl (C=O) groups is 2. The highest BCUT2D eigenvalue weighted by molar-refractivity contribution is 9.10. The number of amides is 2. The molecule has 0 saturated heterocycles. The molecule has 0 aliphatic heterocycles. The van der Waals surface area contributed by atoms with Gasteiger partial charge in [0.05, 0.1) is 17.5 Å². The zero-order valence-corrected chi connectivity index (χ0v) is 16.6. The van der Waals surface area contributed by atoms with Crippen molar-refractivity contribution < 1.29 is 19.4 Å². The number of rotatable bonds is 7. The standard InChI is InChI=1S/C17H26BrN3O4/c1-11(22)10-20-13-6-5-12(18)9-14(13)21-15(23)7-8-19-16(24)25-17(2,3)4/h5-6,9,11,20,22H,7-8,10H2,1-4H3,(H,19,24)(H,21,23). The van der Waals surface area contributed by atoms with Crippen molar-refractivity contribution in [2.24, 2.45) is 0 Å². The predicted molar refractivity (Wildman–Crippen MR) is 102 cm³/mol. The highest BCUT2D eigenvalue weighted by Crippen LogP contribution is 2.26. The molecule has 4 N–H and O–H groups in total. The smallest absolute Gasteiger partial charge is 0.407 e. The summed E-state index contributed by atoms with van der Waals surface area (Å²) in [5, 5.41) is 17.8. The number of aliphatic hydroxyl groups excluding tert-OH is 1. The van der Waals surface area contributed by atoms with Crippen LogP contribution in [0.5, 0.6) is 0 Å². The van der Waals surface area contributed by atoms with Crippen LogP contribution in [0.4, 0.5) is 16.2 Å². The molecule has 0 aliphatic carbocycles. The zero-order valence-electron chi connectivity index (χ0n) is 15.0. The largest absolute Gasteiger partial charge is 0.444 e. The lowest BCUT2D eigenvalue weighted by Crippen LogP contribution is -2.34. The van der Waals surface area contributed by atoms with Gasteiger partial charge in [-0.25, -0.2) is 4.79 Å². The Morgan fingerprint density at radius 1 is 1.28 bits per heavy atom. The van der Waals surface area contributed by atoms with Crippen molar-refractivity contribution in [1.82, 2.24) is 5.32 Å². The molecule has 0 saturated carbocycles. The first kappa shape index (κ1) is 21.2. The van der Waals surface area contributed by atoms with Gasteiger partial charge in [-0.05, 0) is 45.9 Å². The number of benzene rings is 1. The van der Waals surface area contributed by atoms with Crippen LogP contribution in [0.25, 0.3) is 0 Å². The first-order chi connectivity index (χ1) is 11.6. The third-order valence-electron chi connectivity index (χ3n) is 2.86. The van der Waals surface area contributed by atoms with Crippen molar-refractivity contribution in [2.75, 3.05) is 23.7 Å². The molecule has 0 bridgehead atoms. The van der Waals surface area contributed by atoms with Crippen molar-refractivity contribution in [3.05, 3.63) is 22.7 Å². The lowest BCUT2D eigenvalue weighted by Gasteiger charge is -2.19. The van der Waals surface area contributed by atoms with E-state index >= 15 is 0 Å². The van der Waals surface area contributed by atoms with E-state index < -0.39 is 17.8 Å². The number of anilines is 2. The first-order valence-corrected chi connectivity index (χ1v) is 8.84. The van der Waals surface area contributed by atoms with Crippen molar-refractivity contribution in [3.8, 4) is 0 Å². The van der Waals surface area contributed by atoms with E-state index in [1.807, 2.05) is 6.07 Å². The molecule has 0 aromatic heterocycles. The van der Waals surface area contributed by atoms with E-state index in [1.165, 1.54) is 0 Å². The molecule has 25 heavy (non-hydrogen) atoms. The highest BCUT2D eigenvalue weighted by atomic mass is 79.9. The summed E-state index contributed by atoms with van der Waals surface area (Å²) in [5.74, 6) is -0.241. The maximum atomic E-state index is 12.1. The van der Waals surface area contributed by atoms with Gasteiger partial charge in [-0.15, -0.1) is 0 Å². The van der Waals surface area contributed by atoms with Crippen LogP contribution >= 0.6 is 15.9 Å². The number of halogens is 1. The van der Waals surface area contributed by atoms with Crippen molar-refractivity contribution >= 4 is 39.3 Å². The van der Waals surface area contributed by atoms with Crippen molar-refractivity contribution in [3.63, 3.8) is 0 Å². The molecule has 0 aliphatic rings. The molecule has 1 rings (SSSR count). The van der Waals surface area contributed by atoms with Crippen LogP contribution in [-0.4, -0.2) is 41.9 Å². The maximum Gasteiger partial charge on any atom is 0.407 e. The number of nitrogens with one attached hydrogen (secondary N) is 3. The molecule has 0 radical (unpaired) electrons. The van der Waals surface area contributed by atoms with E-state index in [0.29, 0.717) is 17.9 Å². The molecule has 140 valence electrons. The third kappa shape index (κ3) is 9.31. The Morgan fingerprint density at radius 3 is 2.56 bits per heavy atom. The lowest BCUT2D eigenvalue weighted by molar-refractivity contribution is -0.116. The summed E-state index contributed by atoms with van der Waals surface area (Å²) >= 11 is 3.36. The minimum atomic E-state index is -0.576. The number of hydrogen-bond donors (Lipinski definition) is 4. The van der Waals surface area contributed by atoms with Crippen LogP contribution in [0.2, 0.25) is 0 Å². The second-order valence-electron chi connectivity index (χ2n) is 6.65. The van der Waals surface area contributed by atoms with E-state index in [9.17, 15) is 14.7 Å². The lowest BCUT2D eigenvalue weighted by atomic mass is 10.2. The molecule has 7 nitrogen and oxygen atoms in total. The minimum absolute atomic E-state index is 0.113. The van der Waals surface area contributed by atoms with Crippen LogP contribution in [-0.2, 0) is 9.53 Å². The van der Waals surface area contributed by atoms with E-state index in [-0.39, 0.29) is 18.9 Å². The van der Waals surface area contributed by atoms with Gasteiger partial charge in [-0.1, -0.05) is 15.9 Å². The minimum Gasteiger partial charge on any atom is -0.444 e. The van der Waals surface area contributed by atoms with Crippen LogP contribution in [0.1, 0.15) is 34.1 Å². The monoisotopic (exact) mass is 415 g/mol. The SMILES string of the molecule is CC(O)CNc1ccc(Br)cc1NC(=O)CCNC(=O)OC(C)(C)C. The molecule has 1 atom stereocenters. The number of ether oxygens (including phenoxy) is 1. The molecule has 0 fully saturated rings. The average molecular weight is 416 g/mol. The zero-order chi connectivity index (χ0) is 19.0. The number of hydrogen-bond acceptors (Lipinski definition) is 5. The van der Waals surface area contributed by atoms with Gasteiger partial charge < -0.3 is 25.8 Å². The summed E-state index contributed by atoms with van der Waals surface area (Å²) in [4.78, 5) is 23.6. The Balaban J connectivity index is 2.53. The summed E-state index contributed by atoms with van der Waals surface area (Å²) in [6.07, 6.45) is -0.950. The molecule has 8 heteroatoms. The molecule has 1 unspecified atom stereocenters. The van der Waals surface area contributed by atoms with Gasteiger partial charge in [0, 0.05) is 24.0 Å². The fourth-order valence-corrected chi connectivity index (χ4v) is 2.20. The number of aliphatic hydroxyl groups is 1. The first-order valence-electron chi connectivity index (χ1n) is 8.05. The fraction of sp³-hybridized carbons (Fsp3) is 0.529. The van der Waals surface area contributed by atoms with E-state index in [0.717, 1.165) is 4.47 Å². The van der Waals surface area contributed by atoms with Gasteiger partial charge in [0.15, 0.2) is 0 Å². The number of alkyl carbamates (subject to hydrolysis) is 1. The summed E-state index contributed by atoms with van der Waals surface area (Å²) in [7, 11) is 0. The van der Waals surface area contributed by atoms with Crippen LogP contribution in [0.15, 0.2) is 22.7 Å². The van der Waals surface area contributed by atoms with E-state index in [1.54, 1.807) is 39.8 Å². The normalized spacial score (nSPS) is 12.2. The van der Waals surface area contributed by atoms with Gasteiger partial charge in [0.1, 0.15) is 5.60 Å². The maximum absolute atomic E-state index is 12.1. The topological polar surface area (TPSA) is 99.7 Å². The highest BCUT2D eigenvalue weighted by Gasteiger charge is 2.16. The van der Waals surface area contributed by atoms with Crippen LogP contribution < -0.4 is 16.0 Å². The summed E-state index contributed by atoms with van der Waals surface area (Å²) in [6, 6.07) is 5.41. The predicted octanol–water partition coefficient (Wildman–Crippen LogP) is 3.10. The quantitative estimate of drug-likeness (QED) is 0.548. The summed E-state index contributed by atoms with van der Waals surface area (Å²) in [6.45, 7) is 7.53. The Hall–Kier alpha value is -1.80.